The molecule has 0 spiro atoms. The summed E-state index contributed by atoms with van der Waals surface area (Å²) in [6, 6.07) is 22.1. The number of rotatable bonds is 6. The van der Waals surface area contributed by atoms with E-state index in [2.05, 4.69) is 32.5 Å². The number of phenolic OH excluding ortho intramolecular Hbond substituents is 1. The molecule has 0 unspecified atom stereocenters. The Morgan fingerprint density at radius 1 is 1.05 bits per heavy atom. The Morgan fingerprint density at radius 2 is 1.87 bits per heavy atom. The molecule has 3 aromatic carbocycles. The van der Waals surface area contributed by atoms with Crippen molar-refractivity contribution in [1.29, 1.82) is 0 Å². The topological polar surface area (TPSA) is 111 Å². The molecule has 1 aliphatic rings. The van der Waals surface area contributed by atoms with Crippen molar-refractivity contribution >= 4 is 29.0 Å². The number of hydrogen-bond donors (Lipinski definition) is 3. The normalized spacial score (nSPS) is 13.6. The fourth-order valence-electron chi connectivity index (χ4n) is 4.87. The van der Waals surface area contributed by atoms with Gasteiger partial charge in [-0.2, -0.15) is 10.2 Å². The molecule has 1 amide bonds. The van der Waals surface area contributed by atoms with Crippen LogP contribution in [-0.4, -0.2) is 50.1 Å². The molecule has 1 aliphatic heterocycles. The molecule has 1 saturated heterocycles. The molecule has 3 N–H and O–H groups in total. The van der Waals surface area contributed by atoms with Crippen LogP contribution < -0.4 is 10.3 Å². The first-order valence-corrected chi connectivity index (χ1v) is 12.6. The Morgan fingerprint density at radius 3 is 2.66 bits per heavy atom. The quantitative estimate of drug-likeness (QED) is 0.227. The number of aromatic nitrogens is 4. The van der Waals surface area contributed by atoms with Crippen LogP contribution in [0.5, 0.6) is 5.75 Å². The van der Waals surface area contributed by atoms with E-state index < -0.39 is 0 Å². The van der Waals surface area contributed by atoms with Crippen LogP contribution in [-0.2, 0) is 0 Å². The number of hydrogen-bond acceptors (Lipinski definition) is 6. The highest BCUT2D eigenvalue weighted by Crippen LogP contribution is 2.37. The molecule has 3 heterocycles. The Bertz CT molecular complexity index is 1650. The second-order valence-electron chi connectivity index (χ2n) is 9.34. The number of imidazole rings is 1. The van der Waals surface area contributed by atoms with E-state index in [0.717, 1.165) is 65.6 Å². The van der Waals surface area contributed by atoms with Crippen LogP contribution in [0.25, 0.3) is 28.1 Å². The lowest BCUT2D eigenvalue weighted by molar-refractivity contribution is 0.0955. The van der Waals surface area contributed by atoms with Crippen molar-refractivity contribution < 1.29 is 9.90 Å². The third kappa shape index (κ3) is 4.50. The molecule has 0 atom stereocenters. The Kier molecular flexibility index (Phi) is 6.09. The number of nitrogens with one attached hydrogen (secondary N) is 2. The van der Waals surface area contributed by atoms with Crippen molar-refractivity contribution in [2.24, 2.45) is 5.10 Å². The van der Waals surface area contributed by atoms with E-state index in [9.17, 15) is 9.90 Å². The van der Waals surface area contributed by atoms with Gasteiger partial charge in [0.05, 0.1) is 34.2 Å². The summed E-state index contributed by atoms with van der Waals surface area (Å²) in [5.41, 5.74) is 8.05. The summed E-state index contributed by atoms with van der Waals surface area (Å²) in [5.74, 6) is 1.55. The molecule has 9 nitrogen and oxygen atoms in total. The summed E-state index contributed by atoms with van der Waals surface area (Å²) in [6.45, 7) is 3.95. The minimum absolute atomic E-state index is 0.137. The van der Waals surface area contributed by atoms with E-state index in [1.54, 1.807) is 36.4 Å². The minimum atomic E-state index is -0.342. The van der Waals surface area contributed by atoms with Crippen LogP contribution in [0.2, 0.25) is 0 Å². The van der Waals surface area contributed by atoms with E-state index in [-0.39, 0.29) is 11.7 Å². The van der Waals surface area contributed by atoms with Gasteiger partial charge in [0.15, 0.2) is 0 Å². The largest absolute Gasteiger partial charge is 0.508 e. The molecule has 2 aromatic heterocycles. The second-order valence-corrected chi connectivity index (χ2v) is 9.34. The molecule has 0 aliphatic carbocycles. The maximum absolute atomic E-state index is 12.7. The van der Waals surface area contributed by atoms with Crippen molar-refractivity contribution in [3.8, 4) is 22.8 Å². The number of amides is 1. The van der Waals surface area contributed by atoms with Gasteiger partial charge in [0.1, 0.15) is 17.4 Å². The van der Waals surface area contributed by atoms with Crippen molar-refractivity contribution in [2.75, 3.05) is 18.0 Å². The molecular formula is C29H27N7O2. The number of fused-ring (bicyclic) bond motifs is 1. The molecule has 1 fully saturated rings. The monoisotopic (exact) mass is 505 g/mol. The number of aromatic amines is 1. The van der Waals surface area contributed by atoms with Gasteiger partial charge in [-0.15, -0.1) is 0 Å². The van der Waals surface area contributed by atoms with Crippen LogP contribution in [0, 0.1) is 6.92 Å². The molecule has 0 saturated carbocycles. The number of para-hydroxylation sites is 1. The van der Waals surface area contributed by atoms with Gasteiger partial charge in [-0.05, 0) is 67.8 Å². The number of carbonyl (C=O) groups excluding carboxylic acids is 1. The molecule has 0 bridgehead atoms. The Labute approximate surface area is 219 Å². The number of H-pyrrole nitrogens is 1. The number of hydrazone groups is 1. The van der Waals surface area contributed by atoms with Gasteiger partial charge in [-0.25, -0.2) is 15.1 Å². The lowest BCUT2D eigenvalue weighted by Crippen LogP contribution is -2.22. The fraction of sp³-hybridized carbons (Fsp3) is 0.172. The number of benzene rings is 3. The van der Waals surface area contributed by atoms with Crippen molar-refractivity contribution in [3.63, 3.8) is 0 Å². The highest BCUT2D eigenvalue weighted by Gasteiger charge is 2.27. The summed E-state index contributed by atoms with van der Waals surface area (Å²) in [5, 5.41) is 18.5. The molecular weight excluding hydrogens is 478 g/mol. The van der Waals surface area contributed by atoms with Crippen LogP contribution >= 0.6 is 0 Å². The molecule has 9 heteroatoms. The second kappa shape index (κ2) is 9.85. The predicted molar refractivity (Wildman–Crippen MR) is 148 cm³/mol. The zero-order valence-corrected chi connectivity index (χ0v) is 20.9. The lowest BCUT2D eigenvalue weighted by atomic mass is 10.2. The van der Waals surface area contributed by atoms with E-state index in [1.165, 1.54) is 6.21 Å². The van der Waals surface area contributed by atoms with Gasteiger partial charge >= 0.3 is 0 Å². The molecule has 6 rings (SSSR count). The number of phenols is 1. The van der Waals surface area contributed by atoms with E-state index in [4.69, 9.17) is 10.1 Å². The number of aryl methyl sites for hydroxylation is 1. The molecule has 38 heavy (non-hydrogen) atoms. The summed E-state index contributed by atoms with van der Waals surface area (Å²) in [4.78, 5) is 23.4. The van der Waals surface area contributed by atoms with Crippen molar-refractivity contribution in [3.05, 3.63) is 89.6 Å². The summed E-state index contributed by atoms with van der Waals surface area (Å²) >= 11 is 0. The Hall–Kier alpha value is -4.92. The number of anilines is 1. The summed E-state index contributed by atoms with van der Waals surface area (Å²) < 4.78 is 2.01. The fourth-order valence-corrected chi connectivity index (χ4v) is 4.87. The number of aromatic hydroxyl groups is 1. The smallest absolute Gasteiger partial charge is 0.271 e. The zero-order chi connectivity index (χ0) is 26.1. The minimum Gasteiger partial charge on any atom is -0.508 e. The third-order valence-corrected chi connectivity index (χ3v) is 6.67. The predicted octanol–water partition coefficient (Wildman–Crippen LogP) is 4.79. The van der Waals surface area contributed by atoms with E-state index >= 15 is 0 Å². The average molecular weight is 506 g/mol. The third-order valence-electron chi connectivity index (χ3n) is 6.67. The van der Waals surface area contributed by atoms with E-state index in [1.807, 2.05) is 35.9 Å². The standard InChI is InChI=1S/C29H27N7O2/c1-19-26(29(35-14-5-6-15-35)36(34-19)22-9-3-2-4-10-22)27-31-24-13-12-21(17-25(24)32-27)28(38)33-30-18-20-8-7-11-23(37)16-20/h2-4,7-13,16-18,37H,5-6,14-15H2,1H3,(H,31,32)(H,33,38). The van der Waals surface area contributed by atoms with Crippen LogP contribution in [0.3, 0.4) is 0 Å². The summed E-state index contributed by atoms with van der Waals surface area (Å²) in [7, 11) is 0. The van der Waals surface area contributed by atoms with Gasteiger partial charge < -0.3 is 15.0 Å². The molecule has 190 valence electrons. The lowest BCUT2D eigenvalue weighted by Gasteiger charge is -2.20. The van der Waals surface area contributed by atoms with Gasteiger partial charge in [0.25, 0.3) is 5.91 Å². The Balaban J connectivity index is 1.32. The van der Waals surface area contributed by atoms with Crippen LogP contribution in [0.1, 0.15) is 34.5 Å². The van der Waals surface area contributed by atoms with E-state index in [0.29, 0.717) is 11.1 Å². The maximum Gasteiger partial charge on any atom is 0.271 e. The number of nitrogens with zero attached hydrogens (tertiary/aromatic N) is 5. The first kappa shape index (κ1) is 23.5. The first-order valence-electron chi connectivity index (χ1n) is 12.6. The highest BCUT2D eigenvalue weighted by molar-refractivity contribution is 5.98. The van der Waals surface area contributed by atoms with Gasteiger partial charge in [-0.3, -0.25) is 4.79 Å². The zero-order valence-electron chi connectivity index (χ0n) is 20.9. The average Bonchev–Trinajstić information content (AvgIpc) is 3.67. The van der Waals surface area contributed by atoms with Gasteiger partial charge in [-0.1, -0.05) is 30.3 Å². The maximum atomic E-state index is 12.7. The van der Waals surface area contributed by atoms with Gasteiger partial charge in [0, 0.05) is 18.7 Å². The SMILES string of the molecule is Cc1nn(-c2ccccc2)c(N2CCCC2)c1-c1nc2ccc(C(=O)NN=Cc3cccc(O)c3)cc2[nH]1. The highest BCUT2D eigenvalue weighted by atomic mass is 16.3. The summed E-state index contributed by atoms with van der Waals surface area (Å²) in [6.07, 6.45) is 3.77. The molecule has 5 aromatic rings. The van der Waals surface area contributed by atoms with Crippen LogP contribution in [0.15, 0.2) is 77.9 Å². The number of carbonyl (C=O) groups is 1. The first-order chi connectivity index (χ1) is 18.6. The van der Waals surface area contributed by atoms with Crippen molar-refractivity contribution in [2.45, 2.75) is 19.8 Å². The van der Waals surface area contributed by atoms with Crippen molar-refractivity contribution in [1.82, 2.24) is 25.2 Å². The molecule has 0 radical (unpaired) electrons. The van der Waals surface area contributed by atoms with Crippen LogP contribution in [0.4, 0.5) is 5.82 Å². The van der Waals surface area contributed by atoms with Gasteiger partial charge in [0.2, 0.25) is 0 Å².